The lowest BCUT2D eigenvalue weighted by Crippen LogP contribution is -2.32. The zero-order valence-electron chi connectivity index (χ0n) is 16.9. The van der Waals surface area contributed by atoms with Crippen LogP contribution >= 0.6 is 0 Å². The van der Waals surface area contributed by atoms with Crippen LogP contribution in [-0.2, 0) is 27.4 Å². The minimum absolute atomic E-state index is 0.148. The van der Waals surface area contributed by atoms with Crippen LogP contribution in [0.1, 0.15) is 30.4 Å². The minimum atomic E-state index is 0.148. The summed E-state index contributed by atoms with van der Waals surface area (Å²) < 4.78 is 16.0. The molecule has 0 fully saturated rings. The van der Waals surface area contributed by atoms with E-state index in [1.165, 1.54) is 0 Å². The fraction of sp³-hybridized carbons (Fsp3) is 0.435. The first kappa shape index (κ1) is 21.9. The SMILES string of the molecule is COCCCN(Cc1ccc(OC)cc1)C(=O)CCCOCc1ccccc1. The molecule has 5 heteroatoms. The summed E-state index contributed by atoms with van der Waals surface area (Å²) in [6.07, 6.45) is 2.02. The predicted octanol–water partition coefficient (Wildman–Crippen LogP) is 4.06. The van der Waals surface area contributed by atoms with Gasteiger partial charge in [0.25, 0.3) is 0 Å². The maximum Gasteiger partial charge on any atom is 0.222 e. The summed E-state index contributed by atoms with van der Waals surface area (Å²) >= 11 is 0. The largest absolute Gasteiger partial charge is 0.497 e. The Morgan fingerprint density at radius 3 is 2.32 bits per heavy atom. The molecular weight excluding hydrogens is 354 g/mol. The number of benzene rings is 2. The van der Waals surface area contributed by atoms with Crippen molar-refractivity contribution >= 4 is 5.91 Å². The van der Waals surface area contributed by atoms with E-state index in [4.69, 9.17) is 14.2 Å². The fourth-order valence-electron chi connectivity index (χ4n) is 2.89. The molecule has 0 N–H and O–H groups in total. The van der Waals surface area contributed by atoms with Crippen molar-refractivity contribution in [3.63, 3.8) is 0 Å². The fourth-order valence-corrected chi connectivity index (χ4v) is 2.89. The van der Waals surface area contributed by atoms with Gasteiger partial charge in [0.05, 0.1) is 13.7 Å². The molecule has 0 aliphatic carbocycles. The van der Waals surface area contributed by atoms with E-state index < -0.39 is 0 Å². The summed E-state index contributed by atoms with van der Waals surface area (Å²) in [7, 11) is 3.33. The van der Waals surface area contributed by atoms with Gasteiger partial charge in [-0.25, -0.2) is 0 Å². The Hall–Kier alpha value is -2.37. The monoisotopic (exact) mass is 385 g/mol. The number of hydrogen-bond donors (Lipinski definition) is 0. The summed E-state index contributed by atoms with van der Waals surface area (Å²) in [6.45, 7) is 3.08. The van der Waals surface area contributed by atoms with E-state index >= 15 is 0 Å². The number of carbonyl (C=O) groups is 1. The van der Waals surface area contributed by atoms with Gasteiger partial charge in [-0.3, -0.25) is 4.79 Å². The van der Waals surface area contributed by atoms with E-state index in [2.05, 4.69) is 0 Å². The third-order valence-electron chi connectivity index (χ3n) is 4.45. The molecule has 0 aromatic heterocycles. The number of carbonyl (C=O) groups excluding carboxylic acids is 1. The summed E-state index contributed by atoms with van der Waals surface area (Å²) in [6, 6.07) is 17.9. The van der Waals surface area contributed by atoms with E-state index in [0.717, 1.165) is 29.7 Å². The summed E-state index contributed by atoms with van der Waals surface area (Å²) in [5.41, 5.74) is 2.24. The van der Waals surface area contributed by atoms with Crippen LogP contribution in [0.2, 0.25) is 0 Å². The van der Waals surface area contributed by atoms with Crippen LogP contribution in [-0.4, -0.2) is 44.8 Å². The highest BCUT2D eigenvalue weighted by molar-refractivity contribution is 5.76. The highest BCUT2D eigenvalue weighted by Crippen LogP contribution is 2.14. The summed E-state index contributed by atoms with van der Waals surface area (Å²) in [5, 5.41) is 0. The zero-order chi connectivity index (χ0) is 20.0. The van der Waals surface area contributed by atoms with Crippen molar-refractivity contribution in [2.75, 3.05) is 34.0 Å². The number of hydrogen-bond acceptors (Lipinski definition) is 4. The number of amides is 1. The molecule has 0 radical (unpaired) electrons. The number of rotatable bonds is 13. The first-order chi connectivity index (χ1) is 13.7. The van der Waals surface area contributed by atoms with Crippen LogP contribution in [0.25, 0.3) is 0 Å². The Kier molecular flexibility index (Phi) is 10.1. The Bertz CT molecular complexity index is 673. The molecular formula is C23H31NO4. The van der Waals surface area contributed by atoms with Crippen molar-refractivity contribution in [1.29, 1.82) is 0 Å². The lowest BCUT2D eigenvalue weighted by atomic mass is 10.2. The smallest absolute Gasteiger partial charge is 0.222 e. The van der Waals surface area contributed by atoms with Crippen LogP contribution in [0.3, 0.4) is 0 Å². The molecule has 0 aliphatic heterocycles. The second-order valence-corrected chi connectivity index (χ2v) is 6.65. The molecule has 0 saturated carbocycles. The van der Waals surface area contributed by atoms with E-state index in [9.17, 15) is 4.79 Å². The molecule has 0 saturated heterocycles. The van der Waals surface area contributed by atoms with Crippen LogP contribution < -0.4 is 4.74 Å². The molecule has 2 rings (SSSR count). The van der Waals surface area contributed by atoms with E-state index in [-0.39, 0.29) is 5.91 Å². The van der Waals surface area contributed by atoms with Crippen LogP contribution in [0.4, 0.5) is 0 Å². The van der Waals surface area contributed by atoms with Gasteiger partial charge < -0.3 is 19.1 Å². The van der Waals surface area contributed by atoms with Crippen LogP contribution in [0, 0.1) is 0 Å². The van der Waals surface area contributed by atoms with Gasteiger partial charge >= 0.3 is 0 Å². The number of ether oxygens (including phenoxy) is 3. The lowest BCUT2D eigenvalue weighted by molar-refractivity contribution is -0.132. The van der Waals surface area contributed by atoms with Gasteiger partial charge in [-0.1, -0.05) is 42.5 Å². The summed E-state index contributed by atoms with van der Waals surface area (Å²) in [5.74, 6) is 0.965. The average molecular weight is 386 g/mol. The Morgan fingerprint density at radius 1 is 0.893 bits per heavy atom. The standard InChI is InChI=1S/C23H31NO4/c1-26-16-7-15-24(18-20-11-13-22(27-2)14-12-20)23(25)10-6-17-28-19-21-8-4-3-5-9-21/h3-5,8-9,11-14H,6-7,10,15-19H2,1-2H3. The molecule has 0 atom stereocenters. The van der Waals surface area contributed by atoms with Gasteiger partial charge in [-0.15, -0.1) is 0 Å². The Morgan fingerprint density at radius 2 is 1.64 bits per heavy atom. The third-order valence-corrected chi connectivity index (χ3v) is 4.45. The third kappa shape index (κ3) is 8.11. The van der Waals surface area contributed by atoms with Gasteiger partial charge in [-0.2, -0.15) is 0 Å². The molecule has 0 heterocycles. The van der Waals surface area contributed by atoms with Gasteiger partial charge in [-0.05, 0) is 36.1 Å². The quantitative estimate of drug-likeness (QED) is 0.488. The van der Waals surface area contributed by atoms with Crippen molar-refractivity contribution in [1.82, 2.24) is 4.90 Å². The maximum atomic E-state index is 12.7. The van der Waals surface area contributed by atoms with Crippen molar-refractivity contribution in [2.24, 2.45) is 0 Å². The topological polar surface area (TPSA) is 48.0 Å². The lowest BCUT2D eigenvalue weighted by Gasteiger charge is -2.23. The highest BCUT2D eigenvalue weighted by Gasteiger charge is 2.13. The molecule has 1 amide bonds. The number of nitrogens with zero attached hydrogens (tertiary/aromatic N) is 1. The van der Waals surface area contributed by atoms with Crippen molar-refractivity contribution < 1.29 is 19.0 Å². The molecule has 0 unspecified atom stereocenters. The summed E-state index contributed by atoms with van der Waals surface area (Å²) in [4.78, 5) is 14.6. The molecule has 152 valence electrons. The van der Waals surface area contributed by atoms with Gasteiger partial charge in [0, 0.05) is 39.8 Å². The predicted molar refractivity (Wildman–Crippen MR) is 110 cm³/mol. The Balaban J connectivity index is 1.78. The van der Waals surface area contributed by atoms with Crippen LogP contribution in [0.5, 0.6) is 5.75 Å². The molecule has 28 heavy (non-hydrogen) atoms. The van der Waals surface area contributed by atoms with Gasteiger partial charge in [0.15, 0.2) is 0 Å². The molecule has 0 spiro atoms. The van der Waals surface area contributed by atoms with E-state index in [1.54, 1.807) is 14.2 Å². The van der Waals surface area contributed by atoms with Gasteiger partial charge in [0.2, 0.25) is 5.91 Å². The van der Waals surface area contributed by atoms with Crippen molar-refractivity contribution in [2.45, 2.75) is 32.4 Å². The second-order valence-electron chi connectivity index (χ2n) is 6.65. The van der Waals surface area contributed by atoms with Crippen molar-refractivity contribution in [3.8, 4) is 5.75 Å². The molecule has 2 aromatic rings. The minimum Gasteiger partial charge on any atom is -0.497 e. The van der Waals surface area contributed by atoms with E-state index in [1.807, 2.05) is 59.5 Å². The molecule has 0 bridgehead atoms. The normalized spacial score (nSPS) is 10.6. The van der Waals surface area contributed by atoms with Crippen molar-refractivity contribution in [3.05, 3.63) is 65.7 Å². The first-order valence-electron chi connectivity index (χ1n) is 9.74. The average Bonchev–Trinajstić information content (AvgIpc) is 2.74. The zero-order valence-corrected chi connectivity index (χ0v) is 16.9. The molecule has 0 aliphatic rings. The highest BCUT2D eigenvalue weighted by atomic mass is 16.5. The van der Waals surface area contributed by atoms with Crippen LogP contribution in [0.15, 0.2) is 54.6 Å². The second kappa shape index (κ2) is 12.9. The maximum absolute atomic E-state index is 12.7. The Labute approximate surface area is 168 Å². The number of methoxy groups -OCH3 is 2. The first-order valence-corrected chi connectivity index (χ1v) is 9.74. The molecule has 2 aromatic carbocycles. The van der Waals surface area contributed by atoms with E-state index in [0.29, 0.717) is 39.3 Å². The molecule has 5 nitrogen and oxygen atoms in total. The van der Waals surface area contributed by atoms with Gasteiger partial charge in [0.1, 0.15) is 5.75 Å².